The van der Waals surface area contributed by atoms with E-state index in [2.05, 4.69) is 33.6 Å². The number of nitrogens with one attached hydrogen (secondary N) is 2. The summed E-state index contributed by atoms with van der Waals surface area (Å²) in [7, 11) is 0. The molecule has 2 atom stereocenters. The summed E-state index contributed by atoms with van der Waals surface area (Å²) in [5.74, 6) is -31.4. The first-order valence-electron chi connectivity index (χ1n) is 20.0. The van der Waals surface area contributed by atoms with E-state index in [1.165, 1.54) is 0 Å². The van der Waals surface area contributed by atoms with Crippen LogP contribution in [0.25, 0.3) is 0 Å². The average Bonchev–Trinajstić information content (AvgIpc) is 3.28. The molecule has 2 N–H and O–H groups in total. The summed E-state index contributed by atoms with van der Waals surface area (Å²) in [4.78, 5) is 49.0. The standard InChI is InChI=1S/C41H50F10N2O11/c1-4-6-7-8-9-25(23(3)5-2)62-22-27(55)52-13-17-59-19-18-58-14-10-26(54)53-24(20-60-15-11-28(56)63-40-36(48)32(44)30(42)33(45)37(40)49)21-61-16-12-29(57)64-41-38(50)34(46)31(43)35(47)39(41)51/h5,23-25H,2,4,6-22H2,1,3H3,(H,52,55)(H,53,54). The second-order valence-corrected chi connectivity index (χ2v) is 13.8. The number of benzene rings is 2. The molecule has 64 heavy (non-hydrogen) atoms. The minimum absolute atomic E-state index is 0.0569. The molecule has 0 fully saturated rings. The normalized spacial score (nSPS) is 12.3. The van der Waals surface area contributed by atoms with Crippen molar-refractivity contribution in [2.45, 2.75) is 77.4 Å². The Morgan fingerprint density at radius 1 is 0.578 bits per heavy atom. The molecule has 13 nitrogen and oxygen atoms in total. The lowest BCUT2D eigenvalue weighted by molar-refractivity contribution is -0.136. The maximum Gasteiger partial charge on any atom is 0.313 e. The summed E-state index contributed by atoms with van der Waals surface area (Å²) in [5, 5.41) is 5.18. The largest absolute Gasteiger partial charge is 0.420 e. The number of esters is 2. The van der Waals surface area contributed by atoms with Crippen LogP contribution in [0.3, 0.4) is 0 Å². The van der Waals surface area contributed by atoms with Gasteiger partial charge >= 0.3 is 11.9 Å². The lowest BCUT2D eigenvalue weighted by Crippen LogP contribution is -2.42. The predicted molar refractivity (Wildman–Crippen MR) is 204 cm³/mol. The van der Waals surface area contributed by atoms with Crippen LogP contribution in [0.5, 0.6) is 11.5 Å². The van der Waals surface area contributed by atoms with Gasteiger partial charge in [-0.05, 0) is 12.3 Å². The molecule has 2 amide bonds. The summed E-state index contributed by atoms with van der Waals surface area (Å²) in [6.45, 7) is 6.06. The number of hydrogen-bond donors (Lipinski definition) is 2. The molecule has 0 aromatic heterocycles. The second kappa shape index (κ2) is 29.6. The molecule has 2 rings (SSSR count). The van der Waals surface area contributed by atoms with Crippen LogP contribution in [0, 0.1) is 64.1 Å². The van der Waals surface area contributed by atoms with Crippen molar-refractivity contribution in [3.8, 4) is 11.5 Å². The smallest absolute Gasteiger partial charge is 0.313 e. The van der Waals surface area contributed by atoms with Gasteiger partial charge in [0.1, 0.15) is 6.61 Å². The van der Waals surface area contributed by atoms with Crippen LogP contribution in [0.1, 0.15) is 65.2 Å². The Kier molecular flexibility index (Phi) is 25.5. The van der Waals surface area contributed by atoms with Gasteiger partial charge in [0.25, 0.3) is 0 Å². The lowest BCUT2D eigenvalue weighted by Gasteiger charge is -2.22. The van der Waals surface area contributed by atoms with E-state index in [-0.39, 0.29) is 63.9 Å². The van der Waals surface area contributed by atoms with Crippen LogP contribution in [0.15, 0.2) is 12.7 Å². The van der Waals surface area contributed by atoms with Crippen molar-refractivity contribution in [2.24, 2.45) is 5.92 Å². The van der Waals surface area contributed by atoms with E-state index in [4.69, 9.17) is 23.7 Å². The molecule has 0 aliphatic carbocycles. The van der Waals surface area contributed by atoms with Crippen LogP contribution < -0.4 is 20.1 Å². The highest BCUT2D eigenvalue weighted by Crippen LogP contribution is 2.30. The van der Waals surface area contributed by atoms with Gasteiger partial charge in [0.2, 0.25) is 81.5 Å². The fourth-order valence-electron chi connectivity index (χ4n) is 5.28. The molecular formula is C41H50F10N2O11. The van der Waals surface area contributed by atoms with E-state index in [9.17, 15) is 63.1 Å². The SMILES string of the molecule is C=CC(C)C(CCCCCC)OCC(=O)NCCOCCOCCC(=O)NC(COCCC(=O)Oc1c(F)c(F)c(F)c(F)c1F)COCCC(=O)Oc1c(F)c(F)c(F)c(F)c1F. The van der Waals surface area contributed by atoms with E-state index in [1.807, 2.05) is 6.92 Å². The van der Waals surface area contributed by atoms with Gasteiger partial charge < -0.3 is 43.8 Å². The maximum absolute atomic E-state index is 13.9. The first-order valence-corrected chi connectivity index (χ1v) is 20.0. The molecule has 2 unspecified atom stereocenters. The number of amides is 2. The fraction of sp³-hybridized carbons (Fsp3) is 0.561. The Hall–Kier alpha value is -4.84. The highest BCUT2D eigenvalue weighted by molar-refractivity contribution is 5.77. The monoisotopic (exact) mass is 936 g/mol. The molecule has 0 heterocycles. The third-order valence-corrected chi connectivity index (χ3v) is 8.82. The molecule has 0 spiro atoms. The van der Waals surface area contributed by atoms with Crippen LogP contribution in [-0.2, 0) is 42.9 Å². The van der Waals surface area contributed by atoms with Gasteiger partial charge in [-0.2, -0.15) is 17.6 Å². The zero-order valence-electron chi connectivity index (χ0n) is 35.0. The van der Waals surface area contributed by atoms with Crippen LogP contribution in [-0.4, -0.2) is 102 Å². The van der Waals surface area contributed by atoms with Crippen molar-refractivity contribution < 1.29 is 96.2 Å². The number of halogens is 10. The third-order valence-electron chi connectivity index (χ3n) is 8.82. The van der Waals surface area contributed by atoms with Gasteiger partial charge in [0.15, 0.2) is 0 Å². The molecular weight excluding hydrogens is 886 g/mol. The van der Waals surface area contributed by atoms with Crippen molar-refractivity contribution in [2.75, 3.05) is 66.0 Å². The first-order chi connectivity index (χ1) is 30.4. The molecule has 2 aromatic carbocycles. The highest BCUT2D eigenvalue weighted by atomic mass is 19.2. The van der Waals surface area contributed by atoms with Crippen LogP contribution >= 0.6 is 0 Å². The average molecular weight is 937 g/mol. The number of rotatable bonds is 32. The van der Waals surface area contributed by atoms with Gasteiger partial charge in [-0.25, -0.2) is 26.3 Å². The Labute approximate surface area is 362 Å². The number of ether oxygens (including phenoxy) is 7. The van der Waals surface area contributed by atoms with Crippen molar-refractivity contribution in [1.29, 1.82) is 0 Å². The highest BCUT2D eigenvalue weighted by Gasteiger charge is 2.30. The Bertz CT molecular complexity index is 1710. The fourth-order valence-corrected chi connectivity index (χ4v) is 5.28. The number of hydrogen-bond acceptors (Lipinski definition) is 11. The molecule has 0 radical (unpaired) electrons. The second-order valence-electron chi connectivity index (χ2n) is 13.8. The molecule has 0 aliphatic heterocycles. The van der Waals surface area contributed by atoms with E-state index in [0.717, 1.165) is 32.1 Å². The summed E-state index contributed by atoms with van der Waals surface area (Å²) in [6, 6.07) is -1.09. The molecule has 0 saturated heterocycles. The van der Waals surface area contributed by atoms with Crippen molar-refractivity contribution in [3.05, 3.63) is 70.8 Å². The molecule has 23 heteroatoms. The summed E-state index contributed by atoms with van der Waals surface area (Å²) >= 11 is 0. The quantitative estimate of drug-likeness (QED) is 0.0155. The topological polar surface area (TPSA) is 157 Å². The summed E-state index contributed by atoms with van der Waals surface area (Å²) in [5.41, 5.74) is 0. The number of carbonyl (C=O) groups is 4. The number of carbonyl (C=O) groups excluding carboxylic acids is 4. The summed E-state index contributed by atoms with van der Waals surface area (Å²) < 4.78 is 171. The van der Waals surface area contributed by atoms with Gasteiger partial charge in [-0.1, -0.05) is 45.6 Å². The van der Waals surface area contributed by atoms with Crippen LogP contribution in [0.2, 0.25) is 0 Å². The van der Waals surface area contributed by atoms with E-state index < -0.39 is 133 Å². The van der Waals surface area contributed by atoms with Gasteiger partial charge in [0, 0.05) is 13.0 Å². The Balaban J connectivity index is 1.81. The van der Waals surface area contributed by atoms with E-state index >= 15 is 0 Å². The Morgan fingerprint density at radius 3 is 1.50 bits per heavy atom. The molecule has 0 bridgehead atoms. The first kappa shape index (κ1) is 55.3. The zero-order chi connectivity index (χ0) is 47.8. The zero-order valence-corrected chi connectivity index (χ0v) is 35.0. The van der Waals surface area contributed by atoms with Gasteiger partial charge in [0.05, 0.1) is 77.8 Å². The van der Waals surface area contributed by atoms with Crippen molar-refractivity contribution in [1.82, 2.24) is 10.6 Å². The maximum atomic E-state index is 13.9. The van der Waals surface area contributed by atoms with Crippen molar-refractivity contribution in [3.63, 3.8) is 0 Å². The number of unbranched alkanes of at least 4 members (excludes halogenated alkanes) is 3. The van der Waals surface area contributed by atoms with Crippen molar-refractivity contribution >= 4 is 23.8 Å². The minimum Gasteiger partial charge on any atom is -0.420 e. The van der Waals surface area contributed by atoms with E-state index in [0.29, 0.717) is 0 Å². The molecule has 0 aliphatic rings. The molecule has 2 aromatic rings. The predicted octanol–water partition coefficient (Wildman–Crippen LogP) is 6.60. The lowest BCUT2D eigenvalue weighted by atomic mass is 9.98. The summed E-state index contributed by atoms with van der Waals surface area (Å²) in [6.07, 6.45) is 4.95. The van der Waals surface area contributed by atoms with Crippen LogP contribution in [0.4, 0.5) is 43.9 Å². The van der Waals surface area contributed by atoms with Gasteiger partial charge in [-0.15, -0.1) is 6.58 Å². The third kappa shape index (κ3) is 18.7. The molecule has 360 valence electrons. The van der Waals surface area contributed by atoms with E-state index in [1.54, 1.807) is 6.08 Å². The Morgan fingerprint density at radius 2 is 1.03 bits per heavy atom. The van der Waals surface area contributed by atoms with Gasteiger partial charge in [-0.3, -0.25) is 19.2 Å². The molecule has 0 saturated carbocycles. The minimum atomic E-state index is -2.47.